The van der Waals surface area contributed by atoms with Crippen LogP contribution < -0.4 is 14.8 Å². The summed E-state index contributed by atoms with van der Waals surface area (Å²) in [6, 6.07) is 6.05. The number of rotatable bonds is 5. The molecule has 0 unspecified atom stereocenters. The number of urea groups is 1. The Bertz CT molecular complexity index is 813. The molecule has 2 heterocycles. The molecule has 2 amide bonds. The van der Waals surface area contributed by atoms with E-state index >= 15 is 0 Å². The first-order chi connectivity index (χ1) is 13.1. The van der Waals surface area contributed by atoms with Crippen LogP contribution in [0.4, 0.5) is 4.79 Å². The van der Waals surface area contributed by atoms with E-state index in [0.29, 0.717) is 6.54 Å². The standard InChI is InChI=1S/C20H26N4O3/c1-14(16-10-21-23(2)12-16)22-20(25)24(17-5-3-4-6-17)11-15-7-8-18-19(9-15)27-13-26-18/h7-10,12,14,17H,3-6,11,13H2,1-2H3,(H,22,25)/t14-/m0/s1. The molecule has 4 rings (SSSR count). The Morgan fingerprint density at radius 2 is 2.11 bits per heavy atom. The van der Waals surface area contributed by atoms with Gasteiger partial charge in [0.05, 0.1) is 12.2 Å². The van der Waals surface area contributed by atoms with Gasteiger partial charge in [0.15, 0.2) is 11.5 Å². The van der Waals surface area contributed by atoms with Crippen LogP contribution in [0.3, 0.4) is 0 Å². The van der Waals surface area contributed by atoms with Crippen LogP contribution in [0, 0.1) is 0 Å². The minimum atomic E-state index is -0.0909. The van der Waals surface area contributed by atoms with Crippen LogP contribution in [0.5, 0.6) is 11.5 Å². The smallest absolute Gasteiger partial charge is 0.318 e. The lowest BCUT2D eigenvalue weighted by atomic mass is 10.1. The van der Waals surface area contributed by atoms with E-state index in [9.17, 15) is 4.79 Å². The Hall–Kier alpha value is -2.70. The summed E-state index contributed by atoms with van der Waals surface area (Å²) in [5.41, 5.74) is 2.05. The molecule has 144 valence electrons. The molecule has 1 saturated carbocycles. The van der Waals surface area contributed by atoms with Crippen molar-refractivity contribution in [3.05, 3.63) is 41.7 Å². The number of hydrogen-bond donors (Lipinski definition) is 1. The zero-order chi connectivity index (χ0) is 18.8. The highest BCUT2D eigenvalue weighted by atomic mass is 16.7. The fraction of sp³-hybridized carbons (Fsp3) is 0.500. The normalized spacial score (nSPS) is 17.1. The number of nitrogens with one attached hydrogen (secondary N) is 1. The van der Waals surface area contributed by atoms with Crippen LogP contribution >= 0.6 is 0 Å². The summed E-state index contributed by atoms with van der Waals surface area (Å²) >= 11 is 0. The number of hydrogen-bond acceptors (Lipinski definition) is 4. The molecular formula is C20H26N4O3. The minimum absolute atomic E-state index is 0.0316. The number of benzene rings is 1. The number of aryl methyl sites for hydroxylation is 1. The average molecular weight is 370 g/mol. The molecule has 1 N–H and O–H groups in total. The van der Waals surface area contributed by atoms with Crippen LogP contribution in [0.15, 0.2) is 30.6 Å². The second-order valence-electron chi connectivity index (χ2n) is 7.37. The fourth-order valence-corrected chi connectivity index (χ4v) is 3.83. The molecule has 27 heavy (non-hydrogen) atoms. The van der Waals surface area contributed by atoms with Gasteiger partial charge in [-0.15, -0.1) is 0 Å². The van der Waals surface area contributed by atoms with E-state index in [0.717, 1.165) is 35.5 Å². The molecule has 1 aliphatic heterocycles. The molecule has 1 atom stereocenters. The fourth-order valence-electron chi connectivity index (χ4n) is 3.83. The number of nitrogens with zero attached hydrogens (tertiary/aromatic N) is 3. The van der Waals surface area contributed by atoms with Crippen LogP contribution in [0.2, 0.25) is 0 Å². The molecule has 0 spiro atoms. The van der Waals surface area contributed by atoms with Gasteiger partial charge in [0.25, 0.3) is 0 Å². The van der Waals surface area contributed by atoms with Gasteiger partial charge in [-0.2, -0.15) is 5.10 Å². The lowest BCUT2D eigenvalue weighted by Gasteiger charge is -2.30. The predicted octanol–water partition coefficient (Wildman–Crippen LogP) is 3.36. The number of ether oxygens (including phenoxy) is 2. The lowest BCUT2D eigenvalue weighted by Crippen LogP contribution is -2.45. The monoisotopic (exact) mass is 370 g/mol. The van der Waals surface area contributed by atoms with Gasteiger partial charge in [-0.25, -0.2) is 4.79 Å². The topological polar surface area (TPSA) is 68.6 Å². The third kappa shape index (κ3) is 3.86. The van der Waals surface area contributed by atoms with Crippen LogP contribution in [-0.4, -0.2) is 33.5 Å². The SMILES string of the molecule is C[C@H](NC(=O)N(Cc1ccc2c(c1)OCO2)C1CCCC1)c1cnn(C)c1. The summed E-state index contributed by atoms with van der Waals surface area (Å²) in [6.45, 7) is 2.81. The highest BCUT2D eigenvalue weighted by molar-refractivity contribution is 5.75. The second-order valence-corrected chi connectivity index (χ2v) is 7.37. The molecule has 0 radical (unpaired) electrons. The maximum absolute atomic E-state index is 13.1. The largest absolute Gasteiger partial charge is 0.454 e. The van der Waals surface area contributed by atoms with Gasteiger partial charge < -0.3 is 19.7 Å². The zero-order valence-electron chi connectivity index (χ0n) is 15.9. The van der Waals surface area contributed by atoms with Gasteiger partial charge in [0.2, 0.25) is 6.79 Å². The first-order valence-corrected chi connectivity index (χ1v) is 9.54. The summed E-state index contributed by atoms with van der Waals surface area (Å²) in [5, 5.41) is 7.33. The maximum Gasteiger partial charge on any atom is 0.318 e. The van der Waals surface area contributed by atoms with Crippen molar-refractivity contribution in [2.45, 2.75) is 51.2 Å². The third-order valence-electron chi connectivity index (χ3n) is 5.38. The van der Waals surface area contributed by atoms with Crippen LogP contribution in [0.25, 0.3) is 0 Å². The molecular weight excluding hydrogens is 344 g/mol. The Kier molecular flexibility index (Phi) is 4.92. The molecule has 7 nitrogen and oxygen atoms in total. The van der Waals surface area contributed by atoms with Crippen molar-refractivity contribution in [1.82, 2.24) is 20.0 Å². The molecule has 2 aromatic rings. The number of carbonyl (C=O) groups is 1. The van der Waals surface area contributed by atoms with Crippen molar-refractivity contribution in [3.63, 3.8) is 0 Å². The van der Waals surface area contributed by atoms with E-state index in [-0.39, 0.29) is 24.9 Å². The van der Waals surface area contributed by atoms with E-state index in [1.807, 2.05) is 43.3 Å². The number of aromatic nitrogens is 2. The quantitative estimate of drug-likeness (QED) is 0.876. The Morgan fingerprint density at radius 3 is 2.85 bits per heavy atom. The average Bonchev–Trinajstić information content (AvgIpc) is 3.40. The highest BCUT2D eigenvalue weighted by Crippen LogP contribution is 2.33. The van der Waals surface area contributed by atoms with E-state index < -0.39 is 0 Å². The molecule has 1 fully saturated rings. The number of amides is 2. The van der Waals surface area contributed by atoms with E-state index in [1.165, 1.54) is 12.8 Å². The van der Waals surface area contributed by atoms with E-state index in [1.54, 1.807) is 10.9 Å². The summed E-state index contributed by atoms with van der Waals surface area (Å²) < 4.78 is 12.6. The first kappa shape index (κ1) is 17.7. The van der Waals surface area contributed by atoms with Gasteiger partial charge in [0.1, 0.15) is 0 Å². The van der Waals surface area contributed by atoms with Crippen molar-refractivity contribution in [2.24, 2.45) is 7.05 Å². The Morgan fingerprint density at radius 1 is 1.33 bits per heavy atom. The van der Waals surface area contributed by atoms with E-state index in [4.69, 9.17) is 9.47 Å². The van der Waals surface area contributed by atoms with Crippen molar-refractivity contribution in [2.75, 3.05) is 6.79 Å². The summed E-state index contributed by atoms with van der Waals surface area (Å²) in [4.78, 5) is 15.1. The number of fused-ring (bicyclic) bond motifs is 1. The molecule has 1 aromatic heterocycles. The van der Waals surface area contributed by atoms with Gasteiger partial charge in [-0.05, 0) is 37.5 Å². The van der Waals surface area contributed by atoms with Gasteiger partial charge in [0, 0.05) is 31.4 Å². The molecule has 1 aliphatic carbocycles. The molecule has 0 saturated heterocycles. The summed E-state index contributed by atoms with van der Waals surface area (Å²) in [6.07, 6.45) is 8.19. The molecule has 7 heteroatoms. The second kappa shape index (κ2) is 7.50. The van der Waals surface area contributed by atoms with Crippen molar-refractivity contribution < 1.29 is 14.3 Å². The minimum Gasteiger partial charge on any atom is -0.454 e. The van der Waals surface area contributed by atoms with Gasteiger partial charge in [-0.1, -0.05) is 18.9 Å². The summed E-state index contributed by atoms with van der Waals surface area (Å²) in [7, 11) is 1.88. The van der Waals surface area contributed by atoms with Crippen molar-refractivity contribution in [1.29, 1.82) is 0 Å². The predicted molar refractivity (Wildman–Crippen MR) is 101 cm³/mol. The van der Waals surface area contributed by atoms with Crippen LogP contribution in [-0.2, 0) is 13.6 Å². The van der Waals surface area contributed by atoms with E-state index in [2.05, 4.69) is 10.4 Å². The Labute approximate surface area is 159 Å². The van der Waals surface area contributed by atoms with Crippen molar-refractivity contribution >= 4 is 6.03 Å². The molecule has 0 bridgehead atoms. The highest BCUT2D eigenvalue weighted by Gasteiger charge is 2.28. The number of carbonyl (C=O) groups excluding carboxylic acids is 1. The van der Waals surface area contributed by atoms with Gasteiger partial charge in [-0.3, -0.25) is 4.68 Å². The zero-order valence-corrected chi connectivity index (χ0v) is 15.9. The first-order valence-electron chi connectivity index (χ1n) is 9.54. The maximum atomic E-state index is 13.1. The van der Waals surface area contributed by atoms with Crippen molar-refractivity contribution in [3.8, 4) is 11.5 Å². The summed E-state index contributed by atoms with van der Waals surface area (Å²) in [5.74, 6) is 1.52. The van der Waals surface area contributed by atoms with Crippen LogP contribution in [0.1, 0.15) is 49.8 Å². The molecule has 2 aliphatic rings. The lowest BCUT2D eigenvalue weighted by molar-refractivity contribution is 0.167. The molecule has 1 aromatic carbocycles. The van der Waals surface area contributed by atoms with Gasteiger partial charge >= 0.3 is 6.03 Å². The Balaban J connectivity index is 1.49. The third-order valence-corrected chi connectivity index (χ3v) is 5.38.